The largest absolute Gasteiger partial charge is 0.396 e. The van der Waals surface area contributed by atoms with Gasteiger partial charge in [-0.2, -0.15) is 0 Å². The van der Waals surface area contributed by atoms with Crippen LogP contribution in [0.4, 0.5) is 5.69 Å². The van der Waals surface area contributed by atoms with Crippen molar-refractivity contribution in [1.82, 2.24) is 9.71 Å². The van der Waals surface area contributed by atoms with E-state index in [1.54, 1.807) is 6.07 Å². The number of nitrogens with one attached hydrogen (secondary N) is 1. The summed E-state index contributed by atoms with van der Waals surface area (Å²) in [6.45, 7) is 4.01. The van der Waals surface area contributed by atoms with Crippen LogP contribution < -0.4 is 10.5 Å². The van der Waals surface area contributed by atoms with E-state index in [0.717, 1.165) is 19.3 Å². The summed E-state index contributed by atoms with van der Waals surface area (Å²) in [5.74, 6) is 0. The fourth-order valence-corrected chi connectivity index (χ4v) is 3.22. The van der Waals surface area contributed by atoms with Gasteiger partial charge in [0.05, 0.1) is 5.69 Å². The Balaban J connectivity index is 2.58. The van der Waals surface area contributed by atoms with Crippen molar-refractivity contribution in [2.24, 2.45) is 0 Å². The summed E-state index contributed by atoms with van der Waals surface area (Å²) in [4.78, 5) is 3.84. The van der Waals surface area contributed by atoms with Crippen LogP contribution in [0.3, 0.4) is 0 Å². The Morgan fingerprint density at radius 3 is 2.74 bits per heavy atom. The lowest BCUT2D eigenvalue weighted by molar-refractivity contribution is 0.520. The van der Waals surface area contributed by atoms with Gasteiger partial charge in [-0.15, -0.1) is 0 Å². The van der Waals surface area contributed by atoms with E-state index in [9.17, 15) is 8.42 Å². The first-order valence-corrected chi connectivity index (χ1v) is 8.18. The summed E-state index contributed by atoms with van der Waals surface area (Å²) >= 11 is 0. The first kappa shape index (κ1) is 15.9. The van der Waals surface area contributed by atoms with Crippen LogP contribution in [0.2, 0.25) is 0 Å². The number of hydrogen-bond donors (Lipinski definition) is 2. The molecule has 0 bridgehead atoms. The monoisotopic (exact) mass is 285 g/mol. The van der Waals surface area contributed by atoms with Crippen LogP contribution in [-0.2, 0) is 10.0 Å². The summed E-state index contributed by atoms with van der Waals surface area (Å²) < 4.78 is 26.8. The number of pyridine rings is 1. The van der Waals surface area contributed by atoms with E-state index in [-0.39, 0.29) is 16.8 Å². The lowest BCUT2D eigenvalue weighted by Gasteiger charge is -2.14. The van der Waals surface area contributed by atoms with Crippen LogP contribution in [0.25, 0.3) is 0 Å². The van der Waals surface area contributed by atoms with Crippen molar-refractivity contribution in [3.8, 4) is 0 Å². The fraction of sp³-hybridized carbons (Fsp3) is 0.615. The molecule has 0 aromatic carbocycles. The van der Waals surface area contributed by atoms with Crippen molar-refractivity contribution in [3.63, 3.8) is 0 Å². The normalized spacial score (nSPS) is 13.4. The van der Waals surface area contributed by atoms with Crippen LogP contribution in [0.1, 0.15) is 46.0 Å². The molecule has 5 nitrogen and oxygen atoms in total. The first-order valence-electron chi connectivity index (χ1n) is 6.70. The van der Waals surface area contributed by atoms with Gasteiger partial charge in [0.15, 0.2) is 5.03 Å². The average molecular weight is 285 g/mol. The number of sulfonamides is 1. The Hall–Kier alpha value is -1.14. The molecular weight excluding hydrogens is 262 g/mol. The lowest BCUT2D eigenvalue weighted by Crippen LogP contribution is -2.33. The number of unbranched alkanes of at least 4 members (excludes halogenated alkanes) is 3. The highest BCUT2D eigenvalue weighted by molar-refractivity contribution is 7.89. The van der Waals surface area contributed by atoms with E-state index >= 15 is 0 Å². The zero-order chi connectivity index (χ0) is 14.3. The molecule has 108 valence electrons. The summed E-state index contributed by atoms with van der Waals surface area (Å²) in [7, 11) is -3.62. The van der Waals surface area contributed by atoms with Gasteiger partial charge in [0, 0.05) is 12.2 Å². The van der Waals surface area contributed by atoms with Gasteiger partial charge in [-0.25, -0.2) is 18.1 Å². The third-order valence-electron chi connectivity index (χ3n) is 2.90. The third kappa shape index (κ3) is 5.16. The second kappa shape index (κ2) is 7.45. The quantitative estimate of drug-likeness (QED) is 0.718. The standard InChI is InChI=1S/C13H23N3O2S/c1-3-4-5-6-8-11(2)16-19(17,18)13-12(14)9-7-10-15-13/h7,9-11,16H,3-6,8,14H2,1-2H3. The van der Waals surface area contributed by atoms with Crippen LogP contribution in [0, 0.1) is 0 Å². The molecule has 1 unspecified atom stereocenters. The fourth-order valence-electron chi connectivity index (χ4n) is 1.88. The van der Waals surface area contributed by atoms with Gasteiger partial charge in [0.25, 0.3) is 10.0 Å². The van der Waals surface area contributed by atoms with Gasteiger partial charge >= 0.3 is 0 Å². The lowest BCUT2D eigenvalue weighted by atomic mass is 10.1. The van der Waals surface area contributed by atoms with Crippen molar-refractivity contribution in [1.29, 1.82) is 0 Å². The molecule has 0 saturated heterocycles. The van der Waals surface area contributed by atoms with E-state index in [4.69, 9.17) is 5.73 Å². The van der Waals surface area contributed by atoms with Gasteiger partial charge in [0.2, 0.25) is 0 Å². The molecule has 0 radical (unpaired) electrons. The highest BCUT2D eigenvalue weighted by atomic mass is 32.2. The maximum Gasteiger partial charge on any atom is 0.260 e. The van der Waals surface area contributed by atoms with E-state index < -0.39 is 10.0 Å². The van der Waals surface area contributed by atoms with Gasteiger partial charge in [0.1, 0.15) is 0 Å². The number of nitrogens with two attached hydrogens (primary N) is 1. The van der Waals surface area contributed by atoms with Crippen LogP contribution in [-0.4, -0.2) is 19.4 Å². The highest BCUT2D eigenvalue weighted by Crippen LogP contribution is 2.15. The van der Waals surface area contributed by atoms with E-state index in [2.05, 4.69) is 16.6 Å². The maximum atomic E-state index is 12.1. The summed E-state index contributed by atoms with van der Waals surface area (Å²) in [6, 6.07) is 3.04. The molecule has 0 aliphatic heterocycles. The highest BCUT2D eigenvalue weighted by Gasteiger charge is 2.20. The minimum atomic E-state index is -3.62. The Bertz CT molecular complexity index is 488. The molecule has 1 rings (SSSR count). The van der Waals surface area contributed by atoms with E-state index in [0.29, 0.717) is 0 Å². The predicted octanol–water partition coefficient (Wildman–Crippen LogP) is 2.30. The van der Waals surface area contributed by atoms with Crippen molar-refractivity contribution >= 4 is 15.7 Å². The van der Waals surface area contributed by atoms with Gasteiger partial charge in [-0.3, -0.25) is 0 Å². The molecule has 0 fully saturated rings. The zero-order valence-corrected chi connectivity index (χ0v) is 12.4. The number of hydrogen-bond acceptors (Lipinski definition) is 4. The molecule has 0 aliphatic carbocycles. The first-order chi connectivity index (χ1) is 8.97. The number of nitrogen functional groups attached to an aromatic ring is 1. The number of rotatable bonds is 8. The number of anilines is 1. The molecule has 19 heavy (non-hydrogen) atoms. The summed E-state index contributed by atoms with van der Waals surface area (Å²) in [6.07, 6.45) is 6.77. The van der Waals surface area contributed by atoms with E-state index in [1.165, 1.54) is 25.1 Å². The molecular formula is C13H23N3O2S. The van der Waals surface area contributed by atoms with Crippen molar-refractivity contribution in [2.45, 2.75) is 57.0 Å². The minimum Gasteiger partial charge on any atom is -0.396 e. The molecule has 0 aliphatic rings. The second-order valence-electron chi connectivity index (χ2n) is 4.77. The van der Waals surface area contributed by atoms with Crippen molar-refractivity contribution in [3.05, 3.63) is 18.3 Å². The zero-order valence-electron chi connectivity index (χ0n) is 11.6. The van der Waals surface area contributed by atoms with Gasteiger partial charge in [-0.1, -0.05) is 32.6 Å². The Morgan fingerprint density at radius 2 is 2.11 bits per heavy atom. The smallest absolute Gasteiger partial charge is 0.260 e. The molecule has 3 N–H and O–H groups in total. The molecule has 1 heterocycles. The minimum absolute atomic E-state index is 0.0876. The predicted molar refractivity (Wildman–Crippen MR) is 77.2 cm³/mol. The topological polar surface area (TPSA) is 85.1 Å². The van der Waals surface area contributed by atoms with Gasteiger partial charge in [-0.05, 0) is 25.5 Å². The van der Waals surface area contributed by atoms with Crippen LogP contribution in [0.5, 0.6) is 0 Å². The van der Waals surface area contributed by atoms with Crippen LogP contribution in [0.15, 0.2) is 23.4 Å². The molecule has 1 aromatic heterocycles. The van der Waals surface area contributed by atoms with Crippen LogP contribution >= 0.6 is 0 Å². The Labute approximate surface area is 115 Å². The maximum absolute atomic E-state index is 12.1. The average Bonchev–Trinajstić information content (AvgIpc) is 2.34. The molecule has 0 saturated carbocycles. The molecule has 0 spiro atoms. The number of aromatic nitrogens is 1. The summed E-state index contributed by atoms with van der Waals surface area (Å²) in [5.41, 5.74) is 5.81. The summed E-state index contributed by atoms with van der Waals surface area (Å²) in [5, 5.41) is -0.0876. The molecule has 1 aromatic rings. The van der Waals surface area contributed by atoms with Crippen molar-refractivity contribution < 1.29 is 8.42 Å². The third-order valence-corrected chi connectivity index (χ3v) is 4.47. The van der Waals surface area contributed by atoms with Crippen molar-refractivity contribution in [2.75, 3.05) is 5.73 Å². The SMILES string of the molecule is CCCCCCC(C)NS(=O)(=O)c1ncccc1N. The molecule has 1 atom stereocenters. The Morgan fingerprint density at radius 1 is 1.37 bits per heavy atom. The van der Waals surface area contributed by atoms with Gasteiger partial charge < -0.3 is 5.73 Å². The second-order valence-corrected chi connectivity index (χ2v) is 6.40. The number of nitrogens with zero attached hydrogens (tertiary/aromatic N) is 1. The Kier molecular flexibility index (Phi) is 6.24. The van der Waals surface area contributed by atoms with E-state index in [1.807, 2.05) is 6.92 Å². The molecule has 6 heteroatoms. The molecule has 0 amide bonds.